The Hall–Kier alpha value is -2.98. The van der Waals surface area contributed by atoms with E-state index in [0.29, 0.717) is 17.9 Å². The number of carbonyl (C=O) groups excluding carboxylic acids is 2. The standard InChI is InChI=1S/C27H36ClN3O6S/c1-5-24(27(33)29-20-8-6-7-9-20)30(17-19-10-13-22(36-2)14-11-19)26(32)18-31(38(4,34)35)21-12-15-25(37-3)23(28)16-21/h10-16,20,24H,5-9,17-18H2,1-4H3,(H,29,33)/t24-/m0/s1. The fourth-order valence-corrected chi connectivity index (χ4v) is 5.73. The van der Waals surface area contributed by atoms with Crippen LogP contribution in [0.25, 0.3) is 0 Å². The molecule has 0 spiro atoms. The zero-order valence-electron chi connectivity index (χ0n) is 22.3. The summed E-state index contributed by atoms with van der Waals surface area (Å²) in [5.74, 6) is 0.300. The fourth-order valence-electron chi connectivity index (χ4n) is 4.64. The van der Waals surface area contributed by atoms with Gasteiger partial charge in [0.2, 0.25) is 21.8 Å². The molecule has 9 nitrogen and oxygen atoms in total. The first-order valence-corrected chi connectivity index (χ1v) is 14.8. The van der Waals surface area contributed by atoms with Crippen LogP contribution in [-0.2, 0) is 26.2 Å². The van der Waals surface area contributed by atoms with Crippen LogP contribution < -0.4 is 19.1 Å². The zero-order valence-corrected chi connectivity index (χ0v) is 23.8. The average Bonchev–Trinajstić information content (AvgIpc) is 3.39. The lowest BCUT2D eigenvalue weighted by Crippen LogP contribution is -2.53. The first-order valence-electron chi connectivity index (χ1n) is 12.6. The fraction of sp³-hybridized carbons (Fsp3) is 0.481. The van der Waals surface area contributed by atoms with Crippen LogP contribution >= 0.6 is 11.6 Å². The van der Waals surface area contributed by atoms with Crippen LogP contribution in [0.1, 0.15) is 44.6 Å². The van der Waals surface area contributed by atoms with Gasteiger partial charge in [0.1, 0.15) is 24.1 Å². The maximum absolute atomic E-state index is 13.8. The summed E-state index contributed by atoms with van der Waals surface area (Å²) in [6.07, 6.45) is 5.33. The van der Waals surface area contributed by atoms with Gasteiger partial charge in [-0.1, -0.05) is 43.5 Å². The molecule has 0 unspecified atom stereocenters. The molecule has 0 aliphatic heterocycles. The molecule has 1 fully saturated rings. The zero-order chi connectivity index (χ0) is 27.9. The number of nitrogens with one attached hydrogen (secondary N) is 1. The van der Waals surface area contributed by atoms with Crippen molar-refractivity contribution in [3.05, 3.63) is 53.1 Å². The summed E-state index contributed by atoms with van der Waals surface area (Å²) in [4.78, 5) is 28.6. The Bertz CT molecular complexity index is 1220. The highest BCUT2D eigenvalue weighted by Crippen LogP contribution is 2.30. The largest absolute Gasteiger partial charge is 0.497 e. The number of hydrogen-bond acceptors (Lipinski definition) is 6. The molecular weight excluding hydrogens is 530 g/mol. The van der Waals surface area contributed by atoms with Gasteiger partial charge in [0, 0.05) is 12.6 Å². The van der Waals surface area contributed by atoms with Crippen molar-refractivity contribution in [3.8, 4) is 11.5 Å². The molecule has 38 heavy (non-hydrogen) atoms. The van der Waals surface area contributed by atoms with E-state index in [0.717, 1.165) is 41.8 Å². The first-order chi connectivity index (χ1) is 18.1. The number of amides is 2. The van der Waals surface area contributed by atoms with Crippen molar-refractivity contribution in [1.29, 1.82) is 0 Å². The van der Waals surface area contributed by atoms with Gasteiger partial charge in [0.15, 0.2) is 0 Å². The molecule has 11 heteroatoms. The number of carbonyl (C=O) groups is 2. The number of halogens is 1. The molecule has 1 aliphatic carbocycles. The second kappa shape index (κ2) is 13.2. The van der Waals surface area contributed by atoms with Crippen LogP contribution in [0.15, 0.2) is 42.5 Å². The van der Waals surface area contributed by atoms with Crippen molar-refractivity contribution in [2.24, 2.45) is 0 Å². The molecule has 0 radical (unpaired) electrons. The molecule has 1 aliphatic rings. The third-order valence-electron chi connectivity index (χ3n) is 6.70. The third kappa shape index (κ3) is 7.54. The Morgan fingerprint density at radius 2 is 1.74 bits per heavy atom. The lowest BCUT2D eigenvalue weighted by Gasteiger charge is -2.33. The molecule has 0 saturated heterocycles. The summed E-state index contributed by atoms with van der Waals surface area (Å²) < 4.78 is 36.9. The number of sulfonamides is 1. The summed E-state index contributed by atoms with van der Waals surface area (Å²) in [7, 11) is -0.845. The van der Waals surface area contributed by atoms with Crippen molar-refractivity contribution in [2.75, 3.05) is 31.3 Å². The summed E-state index contributed by atoms with van der Waals surface area (Å²) in [6.45, 7) is 1.47. The van der Waals surface area contributed by atoms with E-state index in [9.17, 15) is 18.0 Å². The van der Waals surface area contributed by atoms with Crippen molar-refractivity contribution in [1.82, 2.24) is 10.2 Å². The van der Waals surface area contributed by atoms with Crippen molar-refractivity contribution in [2.45, 2.75) is 57.7 Å². The molecule has 1 N–H and O–H groups in total. The highest BCUT2D eigenvalue weighted by atomic mass is 35.5. The Labute approximate surface area is 230 Å². The van der Waals surface area contributed by atoms with Gasteiger partial charge < -0.3 is 19.7 Å². The molecule has 0 bridgehead atoms. The van der Waals surface area contributed by atoms with Crippen LogP contribution in [0.4, 0.5) is 5.69 Å². The van der Waals surface area contributed by atoms with Crippen molar-refractivity contribution < 1.29 is 27.5 Å². The summed E-state index contributed by atoms with van der Waals surface area (Å²) in [5.41, 5.74) is 1.00. The predicted octanol–water partition coefficient (Wildman–Crippen LogP) is 3.99. The van der Waals surface area contributed by atoms with E-state index in [1.807, 2.05) is 19.1 Å². The highest BCUT2D eigenvalue weighted by Gasteiger charge is 2.33. The average molecular weight is 566 g/mol. The number of methoxy groups -OCH3 is 2. The van der Waals surface area contributed by atoms with Gasteiger partial charge in [-0.25, -0.2) is 8.42 Å². The van der Waals surface area contributed by atoms with Crippen molar-refractivity contribution >= 4 is 39.1 Å². The normalized spacial score (nSPS) is 14.6. The van der Waals surface area contributed by atoms with E-state index >= 15 is 0 Å². The van der Waals surface area contributed by atoms with Crippen molar-refractivity contribution in [3.63, 3.8) is 0 Å². The molecule has 0 aromatic heterocycles. The summed E-state index contributed by atoms with van der Waals surface area (Å²) >= 11 is 6.25. The van der Waals surface area contributed by atoms with E-state index in [1.54, 1.807) is 25.3 Å². The van der Waals surface area contributed by atoms with Crippen LogP contribution in [0.5, 0.6) is 11.5 Å². The van der Waals surface area contributed by atoms with Gasteiger partial charge in [-0.2, -0.15) is 0 Å². The Kier molecular flexibility index (Phi) is 10.3. The van der Waals surface area contributed by atoms with Gasteiger partial charge in [0.05, 0.1) is 31.2 Å². The van der Waals surface area contributed by atoms with E-state index in [-0.39, 0.29) is 29.2 Å². The Morgan fingerprint density at radius 3 is 2.26 bits per heavy atom. The number of benzene rings is 2. The topological polar surface area (TPSA) is 105 Å². The number of hydrogen-bond donors (Lipinski definition) is 1. The molecule has 1 saturated carbocycles. The van der Waals surface area contributed by atoms with Crippen LogP contribution in [0, 0.1) is 0 Å². The Morgan fingerprint density at radius 1 is 1.08 bits per heavy atom. The maximum Gasteiger partial charge on any atom is 0.244 e. The minimum Gasteiger partial charge on any atom is -0.497 e. The highest BCUT2D eigenvalue weighted by molar-refractivity contribution is 7.92. The smallest absolute Gasteiger partial charge is 0.244 e. The van der Waals surface area contributed by atoms with Crippen LogP contribution in [0.3, 0.4) is 0 Å². The van der Waals surface area contributed by atoms with E-state index in [1.165, 1.54) is 24.1 Å². The van der Waals surface area contributed by atoms with Crippen LogP contribution in [0.2, 0.25) is 5.02 Å². The lowest BCUT2D eigenvalue weighted by molar-refractivity contribution is -0.140. The van der Waals surface area contributed by atoms with Crippen LogP contribution in [-0.4, -0.2) is 64.2 Å². The monoisotopic (exact) mass is 565 g/mol. The van der Waals surface area contributed by atoms with Gasteiger partial charge >= 0.3 is 0 Å². The molecule has 2 amide bonds. The molecular formula is C27H36ClN3O6S. The number of ether oxygens (including phenoxy) is 2. The maximum atomic E-state index is 13.8. The van der Waals surface area contributed by atoms with E-state index in [4.69, 9.17) is 21.1 Å². The lowest BCUT2D eigenvalue weighted by atomic mass is 10.1. The second-order valence-electron chi connectivity index (χ2n) is 9.37. The third-order valence-corrected chi connectivity index (χ3v) is 8.14. The molecule has 2 aromatic carbocycles. The van der Waals surface area contributed by atoms with Gasteiger partial charge in [0.25, 0.3) is 0 Å². The van der Waals surface area contributed by atoms with E-state index < -0.39 is 28.5 Å². The first kappa shape index (κ1) is 29.6. The molecule has 208 valence electrons. The summed E-state index contributed by atoms with van der Waals surface area (Å²) in [6, 6.07) is 11.0. The summed E-state index contributed by atoms with van der Waals surface area (Å²) in [5, 5.41) is 3.30. The quantitative estimate of drug-likeness (QED) is 0.417. The van der Waals surface area contributed by atoms with Gasteiger partial charge in [-0.3, -0.25) is 13.9 Å². The van der Waals surface area contributed by atoms with Gasteiger partial charge in [-0.05, 0) is 55.2 Å². The molecule has 3 rings (SSSR count). The minimum atomic E-state index is -3.87. The van der Waals surface area contributed by atoms with Gasteiger partial charge in [-0.15, -0.1) is 0 Å². The number of anilines is 1. The molecule has 2 aromatic rings. The van der Waals surface area contributed by atoms with E-state index in [2.05, 4.69) is 5.32 Å². The molecule has 1 atom stereocenters. The molecule has 0 heterocycles. The Balaban J connectivity index is 1.93. The minimum absolute atomic E-state index is 0.0865. The number of nitrogens with zero attached hydrogens (tertiary/aromatic N) is 2. The second-order valence-corrected chi connectivity index (χ2v) is 11.7. The SMILES string of the molecule is CC[C@@H](C(=O)NC1CCCC1)N(Cc1ccc(OC)cc1)C(=O)CN(c1ccc(OC)c(Cl)c1)S(C)(=O)=O. The number of rotatable bonds is 12. The predicted molar refractivity (Wildman–Crippen MR) is 148 cm³/mol.